The van der Waals surface area contributed by atoms with Crippen molar-refractivity contribution in [3.63, 3.8) is 0 Å². The van der Waals surface area contributed by atoms with E-state index in [9.17, 15) is 13.9 Å². The van der Waals surface area contributed by atoms with Gasteiger partial charge in [-0.3, -0.25) is 0 Å². The average Bonchev–Trinajstić information content (AvgIpc) is 2.27. The molecular formula is C12H9F2NO. The second-order valence-corrected chi connectivity index (χ2v) is 3.27. The van der Waals surface area contributed by atoms with E-state index in [0.29, 0.717) is 11.4 Å². The van der Waals surface area contributed by atoms with Gasteiger partial charge >= 0.3 is 0 Å². The van der Waals surface area contributed by atoms with Gasteiger partial charge in [0, 0.05) is 11.8 Å². The van der Waals surface area contributed by atoms with Crippen molar-refractivity contribution in [1.29, 1.82) is 0 Å². The Labute approximate surface area is 91.2 Å². The maximum atomic E-state index is 12.9. The molecule has 16 heavy (non-hydrogen) atoms. The summed E-state index contributed by atoms with van der Waals surface area (Å²) in [4.78, 5) is 0. The zero-order chi connectivity index (χ0) is 11.5. The van der Waals surface area contributed by atoms with Crippen molar-refractivity contribution < 1.29 is 13.9 Å². The van der Waals surface area contributed by atoms with Crippen molar-refractivity contribution in [1.82, 2.24) is 0 Å². The molecule has 0 heterocycles. The third-order valence-electron chi connectivity index (χ3n) is 2.10. The van der Waals surface area contributed by atoms with E-state index in [1.807, 2.05) is 0 Å². The van der Waals surface area contributed by atoms with Gasteiger partial charge in [0.2, 0.25) is 0 Å². The molecule has 0 atom stereocenters. The molecule has 0 bridgehead atoms. The molecule has 0 aliphatic carbocycles. The number of anilines is 2. The van der Waals surface area contributed by atoms with Crippen LogP contribution in [0.5, 0.6) is 5.75 Å². The molecule has 4 heteroatoms. The maximum Gasteiger partial charge on any atom is 0.160 e. The van der Waals surface area contributed by atoms with Gasteiger partial charge in [0.1, 0.15) is 5.75 Å². The number of hydrogen-bond acceptors (Lipinski definition) is 2. The molecule has 0 saturated heterocycles. The second-order valence-electron chi connectivity index (χ2n) is 3.27. The highest BCUT2D eigenvalue weighted by molar-refractivity contribution is 5.65. The number of para-hydroxylation sites is 2. The molecule has 2 nitrogen and oxygen atoms in total. The van der Waals surface area contributed by atoms with E-state index in [2.05, 4.69) is 5.32 Å². The van der Waals surface area contributed by atoms with E-state index < -0.39 is 11.6 Å². The van der Waals surface area contributed by atoms with E-state index >= 15 is 0 Å². The minimum Gasteiger partial charge on any atom is -0.506 e. The van der Waals surface area contributed by atoms with E-state index in [4.69, 9.17) is 0 Å². The van der Waals surface area contributed by atoms with Crippen LogP contribution in [-0.4, -0.2) is 5.11 Å². The first-order valence-electron chi connectivity index (χ1n) is 4.67. The van der Waals surface area contributed by atoms with E-state index in [1.165, 1.54) is 12.1 Å². The molecule has 0 saturated carbocycles. The standard InChI is InChI=1S/C12H9F2NO/c13-9-6-5-8(7-10(9)14)15-11-3-1-2-4-12(11)16/h1-7,15-16H. The molecule has 0 unspecified atom stereocenters. The Balaban J connectivity index is 2.28. The first-order chi connectivity index (χ1) is 7.66. The summed E-state index contributed by atoms with van der Waals surface area (Å²) in [5, 5.41) is 12.2. The van der Waals surface area contributed by atoms with Gasteiger partial charge in [-0.1, -0.05) is 12.1 Å². The molecule has 0 amide bonds. The number of benzene rings is 2. The van der Waals surface area contributed by atoms with Crippen molar-refractivity contribution in [2.75, 3.05) is 5.32 Å². The summed E-state index contributed by atoms with van der Waals surface area (Å²) in [6.07, 6.45) is 0. The molecule has 2 N–H and O–H groups in total. The van der Waals surface area contributed by atoms with Crippen molar-refractivity contribution in [2.45, 2.75) is 0 Å². The number of aromatic hydroxyl groups is 1. The molecule has 0 aliphatic rings. The van der Waals surface area contributed by atoms with Crippen molar-refractivity contribution >= 4 is 11.4 Å². The van der Waals surface area contributed by atoms with Gasteiger partial charge < -0.3 is 10.4 Å². The molecule has 82 valence electrons. The van der Waals surface area contributed by atoms with Crippen LogP contribution in [0, 0.1) is 11.6 Å². The Morgan fingerprint density at radius 2 is 1.69 bits per heavy atom. The SMILES string of the molecule is Oc1ccccc1Nc1ccc(F)c(F)c1. The Morgan fingerprint density at radius 1 is 0.938 bits per heavy atom. The lowest BCUT2D eigenvalue weighted by Crippen LogP contribution is -1.92. The van der Waals surface area contributed by atoms with Gasteiger partial charge in [-0.15, -0.1) is 0 Å². The van der Waals surface area contributed by atoms with Gasteiger partial charge in [0.25, 0.3) is 0 Å². The Hall–Kier alpha value is -2.10. The smallest absolute Gasteiger partial charge is 0.160 e. The fraction of sp³-hybridized carbons (Fsp3) is 0. The summed E-state index contributed by atoms with van der Waals surface area (Å²) in [7, 11) is 0. The highest BCUT2D eigenvalue weighted by Gasteiger charge is 2.04. The third kappa shape index (κ3) is 2.11. The molecule has 0 fully saturated rings. The van der Waals surface area contributed by atoms with E-state index in [1.54, 1.807) is 18.2 Å². The molecule has 2 rings (SSSR count). The normalized spacial score (nSPS) is 10.1. The molecule has 2 aromatic rings. The average molecular weight is 221 g/mol. The highest BCUT2D eigenvalue weighted by Crippen LogP contribution is 2.26. The number of phenols is 1. The first-order valence-corrected chi connectivity index (χ1v) is 4.67. The van der Waals surface area contributed by atoms with Crippen LogP contribution in [-0.2, 0) is 0 Å². The summed E-state index contributed by atoms with van der Waals surface area (Å²) in [6, 6.07) is 9.98. The largest absolute Gasteiger partial charge is 0.506 e. The third-order valence-corrected chi connectivity index (χ3v) is 2.10. The van der Waals surface area contributed by atoms with Gasteiger partial charge in [-0.05, 0) is 24.3 Å². The van der Waals surface area contributed by atoms with Gasteiger partial charge in [-0.25, -0.2) is 8.78 Å². The zero-order valence-electron chi connectivity index (χ0n) is 8.24. The van der Waals surface area contributed by atoms with Crippen molar-refractivity contribution in [3.8, 4) is 5.75 Å². The lowest BCUT2D eigenvalue weighted by Gasteiger charge is -2.08. The van der Waals surface area contributed by atoms with Crippen LogP contribution in [0.15, 0.2) is 42.5 Å². The van der Waals surface area contributed by atoms with E-state index in [-0.39, 0.29) is 5.75 Å². The van der Waals surface area contributed by atoms with Crippen LogP contribution < -0.4 is 5.32 Å². The summed E-state index contributed by atoms with van der Waals surface area (Å²) in [5.41, 5.74) is 0.814. The quantitative estimate of drug-likeness (QED) is 0.761. The summed E-state index contributed by atoms with van der Waals surface area (Å²) < 4.78 is 25.6. The topological polar surface area (TPSA) is 32.3 Å². The molecule has 0 spiro atoms. The zero-order valence-corrected chi connectivity index (χ0v) is 8.24. The maximum absolute atomic E-state index is 12.9. The Morgan fingerprint density at radius 3 is 2.38 bits per heavy atom. The molecule has 0 aromatic heterocycles. The highest BCUT2D eigenvalue weighted by atomic mass is 19.2. The van der Waals surface area contributed by atoms with Crippen molar-refractivity contribution in [3.05, 3.63) is 54.1 Å². The van der Waals surface area contributed by atoms with Gasteiger partial charge in [0.15, 0.2) is 11.6 Å². The minimum absolute atomic E-state index is 0.0484. The lowest BCUT2D eigenvalue weighted by atomic mass is 10.2. The van der Waals surface area contributed by atoms with Crippen molar-refractivity contribution in [2.24, 2.45) is 0 Å². The second kappa shape index (κ2) is 4.18. The fourth-order valence-electron chi connectivity index (χ4n) is 1.31. The molecule has 2 aromatic carbocycles. The van der Waals surface area contributed by atoms with Gasteiger partial charge in [0.05, 0.1) is 5.69 Å². The van der Waals surface area contributed by atoms with Crippen LogP contribution in [0.4, 0.5) is 20.2 Å². The molecule has 0 radical (unpaired) electrons. The molecule has 0 aliphatic heterocycles. The first kappa shape index (κ1) is 10.4. The fourth-order valence-corrected chi connectivity index (χ4v) is 1.31. The van der Waals surface area contributed by atoms with Crippen LogP contribution in [0.3, 0.4) is 0 Å². The lowest BCUT2D eigenvalue weighted by molar-refractivity contribution is 0.477. The van der Waals surface area contributed by atoms with Crippen LogP contribution in [0.2, 0.25) is 0 Å². The Bertz CT molecular complexity index is 514. The van der Waals surface area contributed by atoms with Crippen LogP contribution in [0.25, 0.3) is 0 Å². The van der Waals surface area contributed by atoms with Gasteiger partial charge in [-0.2, -0.15) is 0 Å². The van der Waals surface area contributed by atoms with Crippen LogP contribution in [0.1, 0.15) is 0 Å². The van der Waals surface area contributed by atoms with E-state index in [0.717, 1.165) is 12.1 Å². The monoisotopic (exact) mass is 221 g/mol. The number of rotatable bonds is 2. The summed E-state index contributed by atoms with van der Waals surface area (Å²) in [5.74, 6) is -1.78. The molecular weight excluding hydrogens is 212 g/mol. The number of nitrogens with one attached hydrogen (secondary N) is 1. The Kier molecular flexibility index (Phi) is 2.72. The summed E-state index contributed by atoms with van der Waals surface area (Å²) in [6.45, 7) is 0. The minimum atomic E-state index is -0.930. The summed E-state index contributed by atoms with van der Waals surface area (Å²) >= 11 is 0. The number of hydrogen-bond donors (Lipinski definition) is 2. The number of halogens is 2. The number of phenolic OH excluding ortho intramolecular Hbond substituents is 1. The predicted molar refractivity (Wildman–Crippen MR) is 57.7 cm³/mol. The predicted octanol–water partition coefficient (Wildman–Crippen LogP) is 3.41. The van der Waals surface area contributed by atoms with Crippen LogP contribution >= 0.6 is 0 Å².